The van der Waals surface area contributed by atoms with E-state index in [1.165, 1.54) is 24.2 Å². The fourth-order valence-electron chi connectivity index (χ4n) is 3.87. The van der Waals surface area contributed by atoms with Gasteiger partial charge in [0, 0.05) is 43.9 Å². The van der Waals surface area contributed by atoms with Gasteiger partial charge >= 0.3 is 0 Å². The van der Waals surface area contributed by atoms with E-state index in [4.69, 9.17) is 4.98 Å². The molecular weight excluding hydrogens is 372 g/mol. The molecule has 1 aliphatic heterocycles. The lowest BCUT2D eigenvalue weighted by atomic mass is 10.1. The maximum atomic E-state index is 13.2. The van der Waals surface area contributed by atoms with Gasteiger partial charge in [-0.15, -0.1) is 11.3 Å². The third-order valence-electron chi connectivity index (χ3n) is 5.63. The van der Waals surface area contributed by atoms with Gasteiger partial charge in [-0.2, -0.15) is 0 Å². The maximum Gasteiger partial charge on any atom is 0.264 e. The van der Waals surface area contributed by atoms with Crippen LogP contribution in [-0.4, -0.2) is 57.8 Å². The van der Waals surface area contributed by atoms with Crippen molar-refractivity contribution in [3.63, 3.8) is 0 Å². The van der Waals surface area contributed by atoms with Gasteiger partial charge in [0.2, 0.25) is 5.91 Å². The number of aryl methyl sites for hydroxylation is 2. The van der Waals surface area contributed by atoms with Crippen molar-refractivity contribution in [2.45, 2.75) is 52.9 Å². The Labute approximate surface area is 169 Å². The van der Waals surface area contributed by atoms with Crippen LogP contribution >= 0.6 is 11.3 Å². The van der Waals surface area contributed by atoms with E-state index in [0.717, 1.165) is 32.2 Å². The van der Waals surface area contributed by atoms with E-state index < -0.39 is 0 Å². The van der Waals surface area contributed by atoms with Gasteiger partial charge in [-0.25, -0.2) is 9.97 Å². The first kappa shape index (κ1) is 19.3. The number of hydrogen-bond acceptors (Lipinski definition) is 5. The summed E-state index contributed by atoms with van der Waals surface area (Å²) in [6.07, 6.45) is 2.91. The topological polar surface area (TPSA) is 66.4 Å². The summed E-state index contributed by atoms with van der Waals surface area (Å²) in [7, 11) is 0. The van der Waals surface area contributed by atoms with Gasteiger partial charge in [0.25, 0.3) is 5.91 Å². The molecule has 0 spiro atoms. The van der Waals surface area contributed by atoms with Crippen molar-refractivity contribution < 1.29 is 9.59 Å². The van der Waals surface area contributed by atoms with Crippen LogP contribution in [0.5, 0.6) is 0 Å². The van der Waals surface area contributed by atoms with Gasteiger partial charge in [-0.05, 0) is 38.2 Å². The Morgan fingerprint density at radius 3 is 2.32 bits per heavy atom. The molecule has 2 aromatic heterocycles. The average molecular weight is 401 g/mol. The minimum atomic E-state index is 0.0591. The number of carbonyl (C=O) groups excluding carboxylic acids is 2. The molecular formula is C21H28N4O2S. The van der Waals surface area contributed by atoms with E-state index in [1.807, 2.05) is 23.6 Å². The minimum Gasteiger partial charge on any atom is -0.339 e. The summed E-state index contributed by atoms with van der Waals surface area (Å²) in [4.78, 5) is 40.3. The van der Waals surface area contributed by atoms with Crippen LogP contribution in [0.1, 0.15) is 65.8 Å². The number of fused-ring (bicyclic) bond motifs is 1. The molecule has 0 radical (unpaired) electrons. The predicted octanol–water partition coefficient (Wildman–Crippen LogP) is 3.52. The summed E-state index contributed by atoms with van der Waals surface area (Å²) in [5.74, 6) is 2.05. The highest BCUT2D eigenvalue weighted by Gasteiger charge is 2.30. The SMILES string of the molecule is Cc1nc(C2CC2)nc2sc(C(=O)N3CCN(C(=O)CC(C)C)CC3)c(C)c12. The molecule has 2 amide bonds. The van der Waals surface area contributed by atoms with E-state index in [-0.39, 0.29) is 11.8 Å². The zero-order valence-corrected chi connectivity index (χ0v) is 17.9. The Morgan fingerprint density at radius 1 is 1.07 bits per heavy atom. The zero-order valence-electron chi connectivity index (χ0n) is 17.1. The molecule has 4 rings (SSSR count). The number of rotatable bonds is 4. The second-order valence-electron chi connectivity index (χ2n) is 8.45. The molecule has 3 heterocycles. The van der Waals surface area contributed by atoms with Crippen molar-refractivity contribution in [2.24, 2.45) is 5.92 Å². The van der Waals surface area contributed by atoms with Crippen LogP contribution in [-0.2, 0) is 4.79 Å². The molecule has 7 heteroatoms. The van der Waals surface area contributed by atoms with E-state index in [1.54, 1.807) is 0 Å². The lowest BCUT2D eigenvalue weighted by Crippen LogP contribution is -2.50. The highest BCUT2D eigenvalue weighted by atomic mass is 32.1. The van der Waals surface area contributed by atoms with Gasteiger partial charge in [-0.1, -0.05) is 13.8 Å². The first-order chi connectivity index (χ1) is 13.3. The van der Waals surface area contributed by atoms with Crippen LogP contribution in [0.3, 0.4) is 0 Å². The molecule has 0 atom stereocenters. The molecule has 0 unspecified atom stereocenters. The Bertz CT molecular complexity index is 924. The Balaban J connectivity index is 1.51. The van der Waals surface area contributed by atoms with Crippen molar-refractivity contribution in [2.75, 3.05) is 26.2 Å². The quantitative estimate of drug-likeness (QED) is 0.788. The molecule has 1 saturated heterocycles. The summed E-state index contributed by atoms with van der Waals surface area (Å²) in [6.45, 7) is 10.5. The number of nitrogens with zero attached hydrogens (tertiary/aromatic N) is 4. The lowest BCUT2D eigenvalue weighted by molar-refractivity contribution is -0.133. The van der Waals surface area contributed by atoms with Gasteiger partial charge in [-0.3, -0.25) is 9.59 Å². The monoisotopic (exact) mass is 400 g/mol. The van der Waals surface area contributed by atoms with Crippen LogP contribution < -0.4 is 0 Å². The third kappa shape index (κ3) is 3.64. The third-order valence-corrected chi connectivity index (χ3v) is 6.80. The number of piperazine rings is 1. The summed E-state index contributed by atoms with van der Waals surface area (Å²) in [5, 5.41) is 1.03. The molecule has 0 N–H and O–H groups in total. The van der Waals surface area contributed by atoms with Crippen molar-refractivity contribution in [1.82, 2.24) is 19.8 Å². The Kier molecular flexibility index (Phi) is 5.12. The van der Waals surface area contributed by atoms with E-state index in [0.29, 0.717) is 44.4 Å². The van der Waals surface area contributed by atoms with Crippen LogP contribution in [0.2, 0.25) is 0 Å². The fraction of sp³-hybridized carbons (Fsp3) is 0.619. The van der Waals surface area contributed by atoms with Gasteiger partial charge < -0.3 is 9.80 Å². The van der Waals surface area contributed by atoms with Crippen LogP contribution in [0.25, 0.3) is 10.2 Å². The van der Waals surface area contributed by atoms with Crippen molar-refractivity contribution >= 4 is 33.4 Å². The van der Waals surface area contributed by atoms with Gasteiger partial charge in [0.15, 0.2) is 0 Å². The van der Waals surface area contributed by atoms with Crippen LogP contribution in [0.15, 0.2) is 0 Å². The summed E-state index contributed by atoms with van der Waals surface area (Å²) < 4.78 is 0. The van der Waals surface area contributed by atoms with Crippen LogP contribution in [0.4, 0.5) is 0 Å². The highest BCUT2D eigenvalue weighted by molar-refractivity contribution is 7.20. The molecule has 150 valence electrons. The summed E-state index contributed by atoms with van der Waals surface area (Å²) >= 11 is 1.49. The number of hydrogen-bond donors (Lipinski definition) is 0. The maximum absolute atomic E-state index is 13.2. The normalized spacial score (nSPS) is 17.6. The highest BCUT2D eigenvalue weighted by Crippen LogP contribution is 2.40. The number of aromatic nitrogens is 2. The molecule has 1 saturated carbocycles. The second kappa shape index (κ2) is 7.43. The summed E-state index contributed by atoms with van der Waals surface area (Å²) in [5.41, 5.74) is 1.96. The average Bonchev–Trinajstić information content (AvgIpc) is 3.45. The number of amides is 2. The van der Waals surface area contributed by atoms with Crippen molar-refractivity contribution in [3.8, 4) is 0 Å². The first-order valence-corrected chi connectivity index (χ1v) is 11.0. The zero-order chi connectivity index (χ0) is 20.0. The Hall–Kier alpha value is -2.02. The Morgan fingerprint density at radius 2 is 1.71 bits per heavy atom. The minimum absolute atomic E-state index is 0.0591. The standard InChI is InChI=1S/C21H28N4O2S/c1-12(2)11-16(26)24-7-9-25(10-8-24)21(27)18-13(3)17-14(4)22-19(15-5-6-15)23-20(17)28-18/h12,15H,5-11H2,1-4H3. The van der Waals surface area contributed by atoms with Crippen molar-refractivity contribution in [3.05, 3.63) is 22.0 Å². The fourth-order valence-corrected chi connectivity index (χ4v) is 5.08. The summed E-state index contributed by atoms with van der Waals surface area (Å²) in [6, 6.07) is 0. The number of carbonyl (C=O) groups is 2. The molecule has 2 aromatic rings. The van der Waals surface area contributed by atoms with E-state index >= 15 is 0 Å². The predicted molar refractivity (Wildman–Crippen MR) is 111 cm³/mol. The van der Waals surface area contributed by atoms with E-state index in [9.17, 15) is 9.59 Å². The number of thiophene rings is 1. The van der Waals surface area contributed by atoms with Crippen LogP contribution in [0, 0.1) is 19.8 Å². The van der Waals surface area contributed by atoms with Crippen molar-refractivity contribution in [1.29, 1.82) is 0 Å². The molecule has 28 heavy (non-hydrogen) atoms. The first-order valence-electron chi connectivity index (χ1n) is 10.2. The molecule has 2 aliphatic rings. The smallest absolute Gasteiger partial charge is 0.264 e. The molecule has 1 aliphatic carbocycles. The lowest BCUT2D eigenvalue weighted by Gasteiger charge is -2.35. The molecule has 0 aromatic carbocycles. The molecule has 2 fully saturated rings. The van der Waals surface area contributed by atoms with Gasteiger partial charge in [0.1, 0.15) is 10.7 Å². The largest absolute Gasteiger partial charge is 0.339 e. The molecule has 0 bridgehead atoms. The van der Waals surface area contributed by atoms with E-state index in [2.05, 4.69) is 18.8 Å². The second-order valence-corrected chi connectivity index (χ2v) is 9.45. The van der Waals surface area contributed by atoms with Gasteiger partial charge in [0.05, 0.1) is 10.6 Å². The molecule has 6 nitrogen and oxygen atoms in total.